The van der Waals surface area contributed by atoms with Crippen molar-refractivity contribution in [1.29, 1.82) is 0 Å². The van der Waals surface area contributed by atoms with E-state index >= 15 is 0 Å². The Bertz CT molecular complexity index is 1110. The first-order chi connectivity index (χ1) is 16.3. The summed E-state index contributed by atoms with van der Waals surface area (Å²) in [5, 5.41) is 3.12. The summed E-state index contributed by atoms with van der Waals surface area (Å²) in [5.41, 5.74) is 1.12. The zero-order valence-electron chi connectivity index (χ0n) is 19.0. The van der Waals surface area contributed by atoms with Crippen LogP contribution >= 0.6 is 0 Å². The van der Waals surface area contributed by atoms with Crippen molar-refractivity contribution >= 4 is 21.6 Å². The molecule has 4 rings (SSSR count). The maximum atomic E-state index is 14.0. The van der Waals surface area contributed by atoms with E-state index in [0.717, 1.165) is 53.8 Å². The largest absolute Gasteiger partial charge is 0.497 e. The van der Waals surface area contributed by atoms with E-state index in [0.29, 0.717) is 18.9 Å². The van der Waals surface area contributed by atoms with Crippen LogP contribution in [0.2, 0.25) is 0 Å². The number of benzene rings is 2. The molecule has 0 aromatic heterocycles. The third-order valence-corrected chi connectivity index (χ3v) is 8.53. The number of nitrogens with one attached hydrogen (secondary N) is 1. The van der Waals surface area contributed by atoms with Gasteiger partial charge < -0.3 is 15.0 Å². The normalized spacial score (nSPS) is 18.6. The quantitative estimate of drug-likeness (QED) is 0.669. The lowest BCUT2D eigenvalue weighted by molar-refractivity contribution is -0.127. The second-order valence-electron chi connectivity index (χ2n) is 8.72. The number of anilines is 1. The van der Waals surface area contributed by atoms with Gasteiger partial charge in [-0.05, 0) is 68.1 Å². The molecule has 2 fully saturated rings. The molecule has 34 heavy (non-hydrogen) atoms. The molecule has 2 aliphatic heterocycles. The molecule has 0 atom stereocenters. The zero-order chi connectivity index (χ0) is 24.3. The number of piperidine rings is 2. The Balaban J connectivity index is 1.27. The van der Waals surface area contributed by atoms with Crippen molar-refractivity contribution in [2.75, 3.05) is 38.2 Å². The molecule has 0 bridgehead atoms. The summed E-state index contributed by atoms with van der Waals surface area (Å²) in [6.45, 7) is 1.83. The van der Waals surface area contributed by atoms with E-state index < -0.39 is 26.6 Å². The van der Waals surface area contributed by atoms with E-state index in [9.17, 15) is 22.0 Å². The van der Waals surface area contributed by atoms with Crippen molar-refractivity contribution in [2.45, 2.75) is 36.6 Å². The van der Waals surface area contributed by atoms with Gasteiger partial charge in [-0.1, -0.05) is 0 Å². The van der Waals surface area contributed by atoms with E-state index in [-0.39, 0.29) is 31.0 Å². The van der Waals surface area contributed by atoms with Gasteiger partial charge in [0.2, 0.25) is 15.9 Å². The predicted octanol–water partition coefficient (Wildman–Crippen LogP) is 3.16. The maximum Gasteiger partial charge on any atom is 0.246 e. The van der Waals surface area contributed by atoms with Gasteiger partial charge in [0.25, 0.3) is 0 Å². The highest BCUT2D eigenvalue weighted by Gasteiger charge is 2.34. The molecule has 7 nitrogen and oxygen atoms in total. The fourth-order valence-electron chi connectivity index (χ4n) is 4.57. The van der Waals surface area contributed by atoms with Crippen LogP contribution in [0.15, 0.2) is 47.4 Å². The third kappa shape index (κ3) is 5.33. The lowest BCUT2D eigenvalue weighted by Gasteiger charge is -2.35. The van der Waals surface area contributed by atoms with Gasteiger partial charge in [0.05, 0.1) is 7.11 Å². The van der Waals surface area contributed by atoms with Gasteiger partial charge >= 0.3 is 0 Å². The van der Waals surface area contributed by atoms with Gasteiger partial charge in [0, 0.05) is 43.8 Å². The number of sulfonamides is 1. The lowest BCUT2D eigenvalue weighted by Crippen LogP contribution is -2.48. The second kappa shape index (κ2) is 10.3. The van der Waals surface area contributed by atoms with Crippen molar-refractivity contribution in [3.05, 3.63) is 54.1 Å². The maximum absolute atomic E-state index is 14.0. The van der Waals surface area contributed by atoms with Crippen LogP contribution in [0.1, 0.15) is 25.7 Å². The van der Waals surface area contributed by atoms with Gasteiger partial charge in [-0.15, -0.1) is 0 Å². The van der Waals surface area contributed by atoms with Crippen LogP contribution in [-0.2, 0) is 14.8 Å². The van der Waals surface area contributed by atoms with Crippen LogP contribution in [-0.4, -0.2) is 58.0 Å². The summed E-state index contributed by atoms with van der Waals surface area (Å²) >= 11 is 0. The molecular weight excluding hydrogens is 464 g/mol. The van der Waals surface area contributed by atoms with Crippen LogP contribution in [0.25, 0.3) is 0 Å². The summed E-state index contributed by atoms with van der Waals surface area (Å²) in [6, 6.07) is 10.4. The van der Waals surface area contributed by atoms with E-state index in [1.54, 1.807) is 7.11 Å². The van der Waals surface area contributed by atoms with Gasteiger partial charge in [-0.25, -0.2) is 17.2 Å². The standard InChI is InChI=1S/C24H29F2N3O4S/c1-33-21-5-3-20(4-6-21)28-12-10-19(11-13-28)27-24(30)17-8-14-29(15-9-17)34(31,32)23-16-18(25)2-7-22(23)26/h2-7,16-17,19H,8-15H2,1H3,(H,27,30). The highest BCUT2D eigenvalue weighted by molar-refractivity contribution is 7.89. The average Bonchev–Trinajstić information content (AvgIpc) is 2.86. The minimum atomic E-state index is -4.16. The van der Waals surface area contributed by atoms with Crippen LogP contribution in [0.5, 0.6) is 5.75 Å². The van der Waals surface area contributed by atoms with E-state index in [2.05, 4.69) is 10.2 Å². The lowest BCUT2D eigenvalue weighted by atomic mass is 9.95. The first-order valence-electron chi connectivity index (χ1n) is 11.4. The zero-order valence-corrected chi connectivity index (χ0v) is 19.9. The Morgan fingerprint density at radius 3 is 2.24 bits per heavy atom. The number of carbonyl (C=O) groups excluding carboxylic acids is 1. The molecule has 2 saturated heterocycles. The molecule has 2 aromatic carbocycles. The number of carbonyl (C=O) groups is 1. The third-order valence-electron chi connectivity index (χ3n) is 6.61. The van der Waals surface area contributed by atoms with Crippen LogP contribution in [0, 0.1) is 17.6 Å². The van der Waals surface area contributed by atoms with Gasteiger partial charge in [0.1, 0.15) is 22.3 Å². The number of methoxy groups -OCH3 is 1. The molecule has 2 aliphatic rings. The molecule has 0 radical (unpaired) electrons. The summed E-state index contributed by atoms with van der Waals surface area (Å²) in [4.78, 5) is 14.4. The average molecular weight is 494 g/mol. The Morgan fingerprint density at radius 2 is 1.62 bits per heavy atom. The van der Waals surface area contributed by atoms with Crippen molar-refractivity contribution in [2.24, 2.45) is 5.92 Å². The molecule has 2 heterocycles. The number of hydrogen-bond donors (Lipinski definition) is 1. The number of rotatable bonds is 6. The van der Waals surface area contributed by atoms with Gasteiger partial charge in [-0.3, -0.25) is 4.79 Å². The Labute approximate surface area is 198 Å². The van der Waals surface area contributed by atoms with Gasteiger partial charge in [-0.2, -0.15) is 4.31 Å². The molecule has 184 valence electrons. The monoisotopic (exact) mass is 493 g/mol. The van der Waals surface area contributed by atoms with Gasteiger partial charge in [0.15, 0.2) is 0 Å². The van der Waals surface area contributed by atoms with Crippen molar-refractivity contribution in [3.63, 3.8) is 0 Å². The van der Waals surface area contributed by atoms with Crippen LogP contribution in [0.4, 0.5) is 14.5 Å². The number of ether oxygens (including phenoxy) is 1. The molecule has 0 unspecified atom stereocenters. The van der Waals surface area contributed by atoms with E-state index in [1.165, 1.54) is 0 Å². The first kappa shape index (κ1) is 24.4. The predicted molar refractivity (Wildman–Crippen MR) is 124 cm³/mol. The second-order valence-corrected chi connectivity index (χ2v) is 10.6. The molecule has 10 heteroatoms. The topological polar surface area (TPSA) is 79.0 Å². The smallest absolute Gasteiger partial charge is 0.246 e. The van der Waals surface area contributed by atoms with E-state index in [1.807, 2.05) is 24.3 Å². The summed E-state index contributed by atoms with van der Waals surface area (Å²) < 4.78 is 59.3. The molecule has 0 aliphatic carbocycles. The fraction of sp³-hybridized carbons (Fsp3) is 0.458. The Morgan fingerprint density at radius 1 is 0.971 bits per heavy atom. The molecule has 1 amide bonds. The molecule has 2 aromatic rings. The van der Waals surface area contributed by atoms with Crippen LogP contribution < -0.4 is 15.0 Å². The molecular formula is C24H29F2N3O4S. The molecule has 1 N–H and O–H groups in total. The Hall–Kier alpha value is -2.72. The number of hydrogen-bond acceptors (Lipinski definition) is 5. The molecule has 0 saturated carbocycles. The first-order valence-corrected chi connectivity index (χ1v) is 12.9. The van der Waals surface area contributed by atoms with E-state index in [4.69, 9.17) is 4.74 Å². The highest BCUT2D eigenvalue weighted by Crippen LogP contribution is 2.27. The fourth-order valence-corrected chi connectivity index (χ4v) is 6.11. The minimum absolute atomic E-state index is 0.0723. The molecule has 0 spiro atoms. The summed E-state index contributed by atoms with van der Waals surface area (Å²) in [6.07, 6.45) is 2.33. The number of amides is 1. The summed E-state index contributed by atoms with van der Waals surface area (Å²) in [5.74, 6) is -1.36. The highest BCUT2D eigenvalue weighted by atomic mass is 32.2. The number of halogens is 2. The SMILES string of the molecule is COc1ccc(N2CCC(NC(=O)C3CCN(S(=O)(=O)c4cc(F)ccc4F)CC3)CC2)cc1. The van der Waals surface area contributed by atoms with Crippen molar-refractivity contribution in [1.82, 2.24) is 9.62 Å². The van der Waals surface area contributed by atoms with Crippen molar-refractivity contribution < 1.29 is 26.7 Å². The Kier molecular flexibility index (Phi) is 7.37. The summed E-state index contributed by atoms with van der Waals surface area (Å²) in [7, 11) is -2.52. The minimum Gasteiger partial charge on any atom is -0.497 e. The van der Waals surface area contributed by atoms with Crippen LogP contribution in [0.3, 0.4) is 0 Å². The van der Waals surface area contributed by atoms with Crippen molar-refractivity contribution in [3.8, 4) is 5.75 Å². The number of nitrogens with zero attached hydrogens (tertiary/aromatic N) is 2.